The van der Waals surface area contributed by atoms with Crippen LogP contribution in [0.15, 0.2) is 168 Å². The van der Waals surface area contributed by atoms with Crippen LogP contribution < -0.4 is 4.90 Å². The van der Waals surface area contributed by atoms with Crippen molar-refractivity contribution in [1.29, 1.82) is 0 Å². The molecule has 0 aliphatic heterocycles. The van der Waals surface area contributed by atoms with Gasteiger partial charge in [-0.05, 0) is 82.3 Å². The fourth-order valence-electron chi connectivity index (χ4n) is 6.83. The molecule has 1 aliphatic carbocycles. The van der Waals surface area contributed by atoms with Crippen LogP contribution in [0.2, 0.25) is 0 Å². The number of aryl methyl sites for hydroxylation is 1. The predicted molar refractivity (Wildman–Crippen MR) is 200 cm³/mol. The molecule has 2 heterocycles. The summed E-state index contributed by atoms with van der Waals surface area (Å²) in [5, 5.41) is 1.06. The molecule has 0 saturated carbocycles. The number of fused-ring (bicyclic) bond motifs is 4. The molecule has 0 fully saturated rings. The number of allylic oxidation sites excluding steroid dienone is 1. The highest BCUT2D eigenvalue weighted by molar-refractivity contribution is 5.97. The Bertz CT molecular complexity index is 2420. The van der Waals surface area contributed by atoms with Gasteiger partial charge in [0.1, 0.15) is 11.3 Å². The minimum atomic E-state index is 0.853. The van der Waals surface area contributed by atoms with Crippen molar-refractivity contribution in [3.05, 3.63) is 175 Å². The summed E-state index contributed by atoms with van der Waals surface area (Å²) in [7, 11) is 0. The molecule has 2 aromatic heterocycles. The van der Waals surface area contributed by atoms with Crippen molar-refractivity contribution in [2.75, 3.05) is 4.90 Å². The molecular formula is C45H32N2O. The molecule has 0 bridgehead atoms. The number of hydrogen-bond acceptors (Lipinski definition) is 3. The average molecular weight is 617 g/mol. The fourth-order valence-corrected chi connectivity index (χ4v) is 6.83. The largest absolute Gasteiger partial charge is 0.459 e. The van der Waals surface area contributed by atoms with Gasteiger partial charge in [0.25, 0.3) is 0 Å². The zero-order valence-corrected chi connectivity index (χ0v) is 26.4. The minimum Gasteiger partial charge on any atom is -0.459 e. The molecule has 1 aliphatic rings. The standard InChI is InChI=1S/C45H32N2O/c1-3-10-31(11-4-1)33-18-20-34(21-19-33)35-22-25-38(26-23-35)47(39-15-9-14-36(28-39)32-12-5-2-6-13-32)40-27-24-37-29-44-45(46-42(37)30-40)41-16-7-8-17-43(41)48-44/h1-7,9-16,18-30H,8,17H2. The molecule has 0 amide bonds. The molecule has 228 valence electrons. The minimum absolute atomic E-state index is 0.853. The summed E-state index contributed by atoms with van der Waals surface area (Å²) in [6, 6.07) is 56.2. The molecule has 0 atom stereocenters. The van der Waals surface area contributed by atoms with Gasteiger partial charge in [-0.25, -0.2) is 4.98 Å². The third kappa shape index (κ3) is 5.16. The third-order valence-electron chi connectivity index (χ3n) is 9.30. The highest BCUT2D eigenvalue weighted by atomic mass is 16.3. The quantitative estimate of drug-likeness (QED) is 0.186. The molecule has 0 unspecified atom stereocenters. The molecule has 9 rings (SSSR count). The molecule has 3 heteroatoms. The molecule has 8 aromatic rings. The molecule has 0 N–H and O–H groups in total. The predicted octanol–water partition coefficient (Wildman–Crippen LogP) is 12.4. The van der Waals surface area contributed by atoms with Crippen molar-refractivity contribution < 1.29 is 4.42 Å². The molecule has 0 saturated heterocycles. The number of hydrogen-bond donors (Lipinski definition) is 0. The van der Waals surface area contributed by atoms with Crippen molar-refractivity contribution >= 4 is 45.1 Å². The van der Waals surface area contributed by atoms with E-state index in [4.69, 9.17) is 9.40 Å². The van der Waals surface area contributed by atoms with E-state index >= 15 is 0 Å². The van der Waals surface area contributed by atoms with Crippen LogP contribution in [0.25, 0.3) is 61.5 Å². The van der Waals surface area contributed by atoms with Crippen molar-refractivity contribution in [2.24, 2.45) is 0 Å². The van der Waals surface area contributed by atoms with Crippen molar-refractivity contribution in [2.45, 2.75) is 12.8 Å². The topological polar surface area (TPSA) is 29.3 Å². The Morgan fingerprint density at radius 2 is 1.08 bits per heavy atom. The number of nitrogens with zero attached hydrogens (tertiary/aromatic N) is 2. The summed E-state index contributed by atoms with van der Waals surface area (Å²) < 4.78 is 6.22. The maximum absolute atomic E-state index is 6.22. The van der Waals surface area contributed by atoms with Gasteiger partial charge in [-0.3, -0.25) is 0 Å². The van der Waals surface area contributed by atoms with E-state index in [1.807, 2.05) is 0 Å². The molecule has 3 nitrogen and oxygen atoms in total. The zero-order chi connectivity index (χ0) is 31.9. The second kappa shape index (κ2) is 11.9. The van der Waals surface area contributed by atoms with Gasteiger partial charge < -0.3 is 9.32 Å². The summed E-state index contributed by atoms with van der Waals surface area (Å²) >= 11 is 0. The van der Waals surface area contributed by atoms with Crippen molar-refractivity contribution in [3.63, 3.8) is 0 Å². The van der Waals surface area contributed by atoms with Crippen LogP contribution in [0, 0.1) is 0 Å². The summed E-state index contributed by atoms with van der Waals surface area (Å²) in [6.45, 7) is 0. The number of anilines is 3. The Hall–Kier alpha value is -6.19. The smallest absolute Gasteiger partial charge is 0.154 e. The third-order valence-corrected chi connectivity index (χ3v) is 9.30. The van der Waals surface area contributed by atoms with Gasteiger partial charge in [-0.1, -0.05) is 127 Å². The molecule has 0 spiro atoms. The van der Waals surface area contributed by atoms with Crippen LogP contribution in [0.3, 0.4) is 0 Å². The summed E-state index contributed by atoms with van der Waals surface area (Å²) in [5.41, 5.74) is 14.2. The average Bonchev–Trinajstić information content (AvgIpc) is 3.52. The molecule has 6 aromatic carbocycles. The lowest BCUT2D eigenvalue weighted by atomic mass is 10.00. The lowest BCUT2D eigenvalue weighted by molar-refractivity contribution is 0.546. The lowest BCUT2D eigenvalue weighted by Crippen LogP contribution is -2.10. The van der Waals surface area contributed by atoms with Gasteiger partial charge in [0.05, 0.1) is 5.52 Å². The van der Waals surface area contributed by atoms with Crippen LogP contribution >= 0.6 is 0 Å². The van der Waals surface area contributed by atoms with Crippen LogP contribution in [0.4, 0.5) is 17.1 Å². The normalized spacial score (nSPS) is 12.3. The van der Waals surface area contributed by atoms with E-state index in [9.17, 15) is 0 Å². The summed E-state index contributed by atoms with van der Waals surface area (Å²) in [6.07, 6.45) is 6.29. The van der Waals surface area contributed by atoms with E-state index in [2.05, 4.69) is 175 Å². The first-order valence-corrected chi connectivity index (χ1v) is 16.5. The Morgan fingerprint density at radius 3 is 1.79 bits per heavy atom. The lowest BCUT2D eigenvalue weighted by Gasteiger charge is -2.26. The van der Waals surface area contributed by atoms with E-state index in [0.29, 0.717) is 0 Å². The van der Waals surface area contributed by atoms with Crippen molar-refractivity contribution in [3.8, 4) is 33.4 Å². The Kier molecular flexibility index (Phi) is 6.94. The van der Waals surface area contributed by atoms with E-state index in [1.54, 1.807) is 0 Å². The van der Waals surface area contributed by atoms with E-state index in [1.165, 1.54) is 33.4 Å². The number of benzene rings is 6. The second-order valence-corrected chi connectivity index (χ2v) is 12.3. The zero-order valence-electron chi connectivity index (χ0n) is 26.4. The van der Waals surface area contributed by atoms with Crippen LogP contribution in [0.5, 0.6) is 0 Å². The Labute approximate surface area is 280 Å². The van der Waals surface area contributed by atoms with Gasteiger partial charge in [0.15, 0.2) is 5.58 Å². The summed E-state index contributed by atoms with van der Waals surface area (Å²) in [4.78, 5) is 7.48. The number of aromatic nitrogens is 1. The molecule has 0 radical (unpaired) electrons. The van der Waals surface area contributed by atoms with Gasteiger partial charge >= 0.3 is 0 Å². The maximum Gasteiger partial charge on any atom is 0.154 e. The van der Waals surface area contributed by atoms with Crippen LogP contribution in [-0.2, 0) is 6.42 Å². The first-order valence-electron chi connectivity index (χ1n) is 16.5. The molecule has 48 heavy (non-hydrogen) atoms. The van der Waals surface area contributed by atoms with Crippen molar-refractivity contribution in [1.82, 2.24) is 4.98 Å². The van der Waals surface area contributed by atoms with Crippen LogP contribution in [-0.4, -0.2) is 4.98 Å². The number of furan rings is 1. The fraction of sp³-hybridized carbons (Fsp3) is 0.0444. The first-order chi connectivity index (χ1) is 23.8. The van der Waals surface area contributed by atoms with Gasteiger partial charge in [0.2, 0.25) is 0 Å². The van der Waals surface area contributed by atoms with Crippen LogP contribution in [0.1, 0.15) is 17.7 Å². The monoisotopic (exact) mass is 616 g/mol. The first kappa shape index (κ1) is 28.1. The Balaban J connectivity index is 1.13. The van der Waals surface area contributed by atoms with Gasteiger partial charge in [-0.2, -0.15) is 0 Å². The van der Waals surface area contributed by atoms with E-state index < -0.39 is 0 Å². The summed E-state index contributed by atoms with van der Waals surface area (Å²) in [5.74, 6) is 1.03. The second-order valence-electron chi connectivity index (χ2n) is 12.3. The van der Waals surface area contributed by atoms with E-state index in [0.717, 1.165) is 63.2 Å². The molecular weight excluding hydrogens is 585 g/mol. The Morgan fingerprint density at radius 1 is 0.500 bits per heavy atom. The van der Waals surface area contributed by atoms with Gasteiger partial charge in [-0.15, -0.1) is 0 Å². The van der Waals surface area contributed by atoms with Gasteiger partial charge in [0, 0.05) is 34.4 Å². The highest BCUT2D eigenvalue weighted by Gasteiger charge is 2.19. The highest BCUT2D eigenvalue weighted by Crippen LogP contribution is 2.40. The maximum atomic E-state index is 6.22. The number of pyridine rings is 1. The SMILES string of the molecule is C1=Cc2c(oc3cc4ccc(N(c5ccc(-c6ccc(-c7ccccc7)cc6)cc5)c5cccc(-c6ccccc6)c5)cc4nc23)CC1. The van der Waals surface area contributed by atoms with E-state index in [-0.39, 0.29) is 0 Å². The number of rotatable bonds is 6.